The Balaban J connectivity index is 1.55. The van der Waals surface area contributed by atoms with E-state index >= 15 is 0 Å². The summed E-state index contributed by atoms with van der Waals surface area (Å²) in [6, 6.07) is 13.2. The number of Topliss-reactive ketones (excluding diaryl/α,β-unsaturated/α-hetero) is 1. The average molecular weight is 337 g/mol. The van der Waals surface area contributed by atoms with Gasteiger partial charge in [-0.1, -0.05) is 18.2 Å². The molecule has 1 amide bonds. The molecule has 0 aliphatic heterocycles. The molecule has 0 aromatic heterocycles. The second-order valence-corrected chi connectivity index (χ2v) is 6.39. The van der Waals surface area contributed by atoms with Gasteiger partial charge in [-0.05, 0) is 55.0 Å². The maximum absolute atomic E-state index is 12.4. The number of benzene rings is 2. The molecule has 1 aliphatic carbocycles. The van der Waals surface area contributed by atoms with Crippen molar-refractivity contribution in [2.24, 2.45) is 0 Å². The Morgan fingerprint density at radius 1 is 1.00 bits per heavy atom. The highest BCUT2D eigenvalue weighted by Gasteiger charge is 2.14. The quantitative estimate of drug-likeness (QED) is 0.805. The van der Waals surface area contributed by atoms with Crippen LogP contribution in [-0.4, -0.2) is 18.8 Å². The number of nitrogens with one attached hydrogen (secondary N) is 1. The topological polar surface area (TPSA) is 55.4 Å². The van der Waals surface area contributed by atoms with Crippen molar-refractivity contribution in [1.82, 2.24) is 0 Å². The van der Waals surface area contributed by atoms with Crippen molar-refractivity contribution in [2.45, 2.75) is 38.5 Å². The lowest BCUT2D eigenvalue weighted by molar-refractivity contribution is -0.116. The van der Waals surface area contributed by atoms with Crippen molar-refractivity contribution in [1.29, 1.82) is 0 Å². The number of rotatable bonds is 6. The molecule has 130 valence electrons. The van der Waals surface area contributed by atoms with Gasteiger partial charge in [-0.3, -0.25) is 9.59 Å². The van der Waals surface area contributed by atoms with E-state index in [1.807, 2.05) is 24.3 Å². The summed E-state index contributed by atoms with van der Waals surface area (Å²) in [6.07, 6.45) is 4.96. The van der Waals surface area contributed by atoms with Crippen molar-refractivity contribution in [3.63, 3.8) is 0 Å². The second kappa shape index (κ2) is 7.97. The molecule has 2 aromatic carbocycles. The number of ether oxygens (including phenoxy) is 1. The molecule has 4 heteroatoms. The number of carbonyl (C=O) groups is 2. The van der Waals surface area contributed by atoms with E-state index in [2.05, 4.69) is 11.4 Å². The number of amides is 1. The molecular weight excluding hydrogens is 314 g/mol. The molecule has 0 bridgehead atoms. The predicted octanol–water partition coefficient (Wildman–Crippen LogP) is 4.18. The van der Waals surface area contributed by atoms with Gasteiger partial charge in [-0.25, -0.2) is 0 Å². The van der Waals surface area contributed by atoms with Crippen molar-refractivity contribution >= 4 is 17.4 Å². The molecule has 1 aliphatic rings. The first kappa shape index (κ1) is 17.2. The van der Waals surface area contributed by atoms with Gasteiger partial charge in [0.1, 0.15) is 5.75 Å². The third-order valence-electron chi connectivity index (χ3n) is 4.60. The normalized spacial score (nSPS) is 13.0. The number of hydrogen-bond acceptors (Lipinski definition) is 3. The maximum atomic E-state index is 12.4. The zero-order valence-electron chi connectivity index (χ0n) is 14.5. The van der Waals surface area contributed by atoms with Crippen LogP contribution in [0.2, 0.25) is 0 Å². The number of anilines is 1. The number of fused-ring (bicyclic) bond motifs is 1. The van der Waals surface area contributed by atoms with E-state index in [9.17, 15) is 9.59 Å². The van der Waals surface area contributed by atoms with Crippen molar-refractivity contribution in [3.8, 4) is 5.75 Å². The maximum Gasteiger partial charge on any atom is 0.224 e. The minimum atomic E-state index is -0.167. The van der Waals surface area contributed by atoms with E-state index in [-0.39, 0.29) is 24.5 Å². The molecule has 0 saturated heterocycles. The lowest BCUT2D eigenvalue weighted by atomic mass is 9.89. The van der Waals surface area contributed by atoms with Crippen molar-refractivity contribution in [2.75, 3.05) is 12.4 Å². The standard InChI is InChI=1S/C21H23NO3/c1-25-19-8-4-7-18(14-19)22-21(24)12-11-20(23)17-10-9-15-5-2-3-6-16(15)13-17/h4,7-10,13-14H,2-3,5-6,11-12H2,1H3,(H,22,24). The van der Waals surface area contributed by atoms with Crippen LogP contribution in [0.15, 0.2) is 42.5 Å². The lowest BCUT2D eigenvalue weighted by Crippen LogP contribution is -2.14. The Morgan fingerprint density at radius 2 is 1.80 bits per heavy atom. The fourth-order valence-corrected chi connectivity index (χ4v) is 3.20. The average Bonchev–Trinajstić information content (AvgIpc) is 2.65. The van der Waals surface area contributed by atoms with E-state index < -0.39 is 0 Å². The zero-order valence-corrected chi connectivity index (χ0v) is 14.5. The molecule has 4 nitrogen and oxygen atoms in total. The van der Waals surface area contributed by atoms with Gasteiger partial charge < -0.3 is 10.1 Å². The fourth-order valence-electron chi connectivity index (χ4n) is 3.20. The molecule has 0 unspecified atom stereocenters. The third-order valence-corrected chi connectivity index (χ3v) is 4.60. The highest BCUT2D eigenvalue weighted by Crippen LogP contribution is 2.23. The van der Waals surface area contributed by atoms with Crippen LogP contribution in [0.1, 0.15) is 47.2 Å². The number of ketones is 1. The molecule has 3 rings (SSSR count). The van der Waals surface area contributed by atoms with Gasteiger partial charge in [0.2, 0.25) is 5.91 Å². The molecule has 0 fully saturated rings. The van der Waals surface area contributed by atoms with Crippen LogP contribution in [0.3, 0.4) is 0 Å². The van der Waals surface area contributed by atoms with Crippen LogP contribution in [0, 0.1) is 0 Å². The van der Waals surface area contributed by atoms with Gasteiger partial charge in [0.25, 0.3) is 0 Å². The van der Waals surface area contributed by atoms with Crippen molar-refractivity contribution in [3.05, 3.63) is 59.2 Å². The second-order valence-electron chi connectivity index (χ2n) is 6.39. The molecule has 0 atom stereocenters. The largest absolute Gasteiger partial charge is 0.497 e. The number of aryl methyl sites for hydroxylation is 2. The summed E-state index contributed by atoms with van der Waals surface area (Å²) >= 11 is 0. The van der Waals surface area contributed by atoms with Gasteiger partial charge >= 0.3 is 0 Å². The Morgan fingerprint density at radius 3 is 2.60 bits per heavy atom. The third kappa shape index (κ3) is 4.47. The molecule has 0 saturated carbocycles. The molecule has 0 spiro atoms. The minimum absolute atomic E-state index is 0.0224. The van der Waals surface area contributed by atoms with Gasteiger partial charge in [-0.2, -0.15) is 0 Å². The van der Waals surface area contributed by atoms with Crippen LogP contribution >= 0.6 is 0 Å². The lowest BCUT2D eigenvalue weighted by Gasteiger charge is -2.16. The van der Waals surface area contributed by atoms with Crippen LogP contribution in [0.4, 0.5) is 5.69 Å². The van der Waals surface area contributed by atoms with Gasteiger partial charge in [0.05, 0.1) is 7.11 Å². The highest BCUT2D eigenvalue weighted by atomic mass is 16.5. The van der Waals surface area contributed by atoms with Crippen LogP contribution in [0.5, 0.6) is 5.75 Å². The van der Waals surface area contributed by atoms with E-state index in [1.165, 1.54) is 24.0 Å². The summed E-state index contributed by atoms with van der Waals surface area (Å²) in [5.41, 5.74) is 4.04. The Kier molecular flexibility index (Phi) is 5.49. The van der Waals surface area contributed by atoms with E-state index in [0.29, 0.717) is 11.4 Å². The van der Waals surface area contributed by atoms with Gasteiger partial charge in [0, 0.05) is 30.2 Å². The minimum Gasteiger partial charge on any atom is -0.497 e. The van der Waals surface area contributed by atoms with E-state index in [4.69, 9.17) is 4.74 Å². The molecule has 25 heavy (non-hydrogen) atoms. The zero-order chi connectivity index (χ0) is 17.6. The predicted molar refractivity (Wildman–Crippen MR) is 98.3 cm³/mol. The van der Waals surface area contributed by atoms with Crippen LogP contribution < -0.4 is 10.1 Å². The smallest absolute Gasteiger partial charge is 0.224 e. The molecular formula is C21H23NO3. The number of methoxy groups -OCH3 is 1. The Hall–Kier alpha value is -2.62. The Labute approximate surface area is 148 Å². The summed E-state index contributed by atoms with van der Waals surface area (Å²) in [5, 5.41) is 2.80. The molecule has 2 aromatic rings. The monoisotopic (exact) mass is 337 g/mol. The summed E-state index contributed by atoms with van der Waals surface area (Å²) in [7, 11) is 1.58. The first-order chi connectivity index (χ1) is 12.2. The summed E-state index contributed by atoms with van der Waals surface area (Å²) in [4.78, 5) is 24.5. The number of carbonyl (C=O) groups excluding carboxylic acids is 2. The van der Waals surface area contributed by atoms with Crippen molar-refractivity contribution < 1.29 is 14.3 Å². The number of hydrogen-bond donors (Lipinski definition) is 1. The van der Waals surface area contributed by atoms with Crippen LogP contribution in [-0.2, 0) is 17.6 Å². The molecule has 0 heterocycles. The molecule has 0 radical (unpaired) electrons. The fraction of sp³-hybridized carbons (Fsp3) is 0.333. The van der Waals surface area contributed by atoms with E-state index in [1.54, 1.807) is 19.2 Å². The first-order valence-corrected chi connectivity index (χ1v) is 8.74. The first-order valence-electron chi connectivity index (χ1n) is 8.74. The SMILES string of the molecule is COc1cccc(NC(=O)CCC(=O)c2ccc3c(c2)CCCC3)c1. The summed E-state index contributed by atoms with van der Waals surface area (Å²) in [6.45, 7) is 0. The van der Waals surface area contributed by atoms with Gasteiger partial charge in [0.15, 0.2) is 5.78 Å². The summed E-state index contributed by atoms with van der Waals surface area (Å²) in [5.74, 6) is 0.539. The van der Waals surface area contributed by atoms with Crippen LogP contribution in [0.25, 0.3) is 0 Å². The highest BCUT2D eigenvalue weighted by molar-refractivity contribution is 6.00. The van der Waals surface area contributed by atoms with E-state index in [0.717, 1.165) is 18.4 Å². The Bertz CT molecular complexity index is 782. The molecule has 1 N–H and O–H groups in total. The summed E-state index contributed by atoms with van der Waals surface area (Å²) < 4.78 is 5.13. The van der Waals surface area contributed by atoms with Gasteiger partial charge in [-0.15, -0.1) is 0 Å².